The zero-order chi connectivity index (χ0) is 23.4. The Hall–Kier alpha value is -3.82. The summed E-state index contributed by atoms with van der Waals surface area (Å²) < 4.78 is 33.3. The predicted octanol–water partition coefficient (Wildman–Crippen LogP) is 4.21. The molecule has 0 aliphatic carbocycles. The molecule has 10 heteroatoms. The van der Waals surface area contributed by atoms with Crippen LogP contribution in [-0.2, 0) is 4.79 Å². The molecule has 0 unspecified atom stereocenters. The van der Waals surface area contributed by atoms with E-state index in [1.807, 2.05) is 30.0 Å². The maximum atomic E-state index is 13.9. The lowest BCUT2D eigenvalue weighted by atomic mass is 10.1. The van der Waals surface area contributed by atoms with Crippen molar-refractivity contribution < 1.29 is 18.3 Å². The molecular weight excluding hydrogens is 430 g/mol. The van der Waals surface area contributed by atoms with Gasteiger partial charge in [0.2, 0.25) is 17.8 Å². The largest absolute Gasteiger partial charge is 0.484 e. The minimum Gasteiger partial charge on any atom is -0.484 e. The first-order valence-electron chi connectivity index (χ1n) is 10.6. The van der Waals surface area contributed by atoms with E-state index in [1.54, 1.807) is 0 Å². The highest BCUT2D eigenvalue weighted by molar-refractivity contribution is 5.90. The quantitative estimate of drug-likeness (QED) is 0.577. The molecule has 2 N–H and O–H groups in total. The highest BCUT2D eigenvalue weighted by atomic mass is 19.1. The average Bonchev–Trinajstić information content (AvgIpc) is 2.79. The molecule has 1 aliphatic rings. The monoisotopic (exact) mass is 454 g/mol. The van der Waals surface area contributed by atoms with Gasteiger partial charge in [-0.05, 0) is 36.8 Å². The molecule has 1 fully saturated rings. The van der Waals surface area contributed by atoms with Crippen molar-refractivity contribution >= 4 is 29.2 Å². The third-order valence-electron chi connectivity index (χ3n) is 5.38. The molecule has 8 nitrogen and oxygen atoms in total. The van der Waals surface area contributed by atoms with E-state index in [4.69, 9.17) is 4.74 Å². The number of nitrogens with zero attached hydrogens (tertiary/aromatic N) is 4. The minimum absolute atomic E-state index is 0.150. The highest BCUT2D eigenvalue weighted by Gasteiger charge is 2.24. The lowest BCUT2D eigenvalue weighted by Gasteiger charge is -2.32. The minimum atomic E-state index is -0.705. The van der Waals surface area contributed by atoms with Gasteiger partial charge >= 0.3 is 0 Å². The van der Waals surface area contributed by atoms with Crippen molar-refractivity contribution in [2.45, 2.75) is 32.8 Å². The lowest BCUT2D eigenvalue weighted by molar-refractivity contribution is -0.114. The summed E-state index contributed by atoms with van der Waals surface area (Å²) in [7, 11) is 0. The van der Waals surface area contributed by atoms with Crippen molar-refractivity contribution in [1.82, 2.24) is 15.0 Å². The van der Waals surface area contributed by atoms with E-state index in [0.717, 1.165) is 11.3 Å². The molecule has 3 aromatic rings. The van der Waals surface area contributed by atoms with Gasteiger partial charge in [-0.15, -0.1) is 0 Å². The van der Waals surface area contributed by atoms with E-state index in [9.17, 15) is 13.6 Å². The summed E-state index contributed by atoms with van der Waals surface area (Å²) in [5, 5.41) is 5.96. The first-order valence-corrected chi connectivity index (χ1v) is 10.6. The molecule has 0 bridgehead atoms. The van der Waals surface area contributed by atoms with Gasteiger partial charge in [-0.25, -0.2) is 18.7 Å². The summed E-state index contributed by atoms with van der Waals surface area (Å²) in [5.41, 5.74) is 2.32. The van der Waals surface area contributed by atoms with Crippen LogP contribution in [0, 0.1) is 18.6 Å². The van der Waals surface area contributed by atoms with Gasteiger partial charge in [-0.1, -0.05) is 12.1 Å². The first-order chi connectivity index (χ1) is 15.9. The number of amides is 1. The van der Waals surface area contributed by atoms with Crippen LogP contribution in [-0.4, -0.2) is 40.1 Å². The fourth-order valence-corrected chi connectivity index (χ4v) is 3.65. The van der Waals surface area contributed by atoms with E-state index in [-0.39, 0.29) is 17.8 Å². The van der Waals surface area contributed by atoms with Crippen LogP contribution in [0.2, 0.25) is 0 Å². The van der Waals surface area contributed by atoms with E-state index < -0.39 is 11.6 Å². The summed E-state index contributed by atoms with van der Waals surface area (Å²) in [6.45, 7) is 4.49. The van der Waals surface area contributed by atoms with Crippen molar-refractivity contribution in [3.05, 3.63) is 59.9 Å². The Labute approximate surface area is 190 Å². The second-order valence-corrected chi connectivity index (χ2v) is 7.75. The van der Waals surface area contributed by atoms with Crippen molar-refractivity contribution in [2.24, 2.45) is 0 Å². The molecule has 4 rings (SSSR count). The van der Waals surface area contributed by atoms with Gasteiger partial charge in [0.05, 0.1) is 0 Å². The van der Waals surface area contributed by atoms with Gasteiger partial charge in [-0.2, -0.15) is 4.98 Å². The Morgan fingerprint density at radius 2 is 1.73 bits per heavy atom. The number of carbonyl (C=O) groups excluding carboxylic acids is 1. The number of aromatic nitrogens is 3. The summed E-state index contributed by atoms with van der Waals surface area (Å²) in [5.74, 6) is -1.03. The molecule has 0 atom stereocenters. The van der Waals surface area contributed by atoms with Crippen molar-refractivity contribution in [3.8, 4) is 5.75 Å². The number of hydrogen-bond donors (Lipinski definition) is 2. The second-order valence-electron chi connectivity index (χ2n) is 7.75. The smallest absolute Gasteiger partial charge is 0.232 e. The fraction of sp³-hybridized carbons (Fsp3) is 0.304. The highest BCUT2D eigenvalue weighted by Crippen LogP contribution is 2.28. The van der Waals surface area contributed by atoms with Crippen molar-refractivity contribution in [2.75, 3.05) is 28.6 Å². The van der Waals surface area contributed by atoms with Gasteiger partial charge in [-0.3, -0.25) is 4.79 Å². The van der Waals surface area contributed by atoms with Gasteiger partial charge in [0.15, 0.2) is 17.4 Å². The maximum Gasteiger partial charge on any atom is 0.232 e. The standard InChI is InChI=1S/C23H24F2N6O2/c1-14-19(28-15(2)32)7-4-8-20(14)29-22-26-13-27-23(30-22)31-11-9-16(10-12-31)33-21-17(24)5-3-6-18(21)25/h3-8,13,16H,9-12H2,1-2H3,(H,28,32)(H,26,27,29,30). The van der Waals surface area contributed by atoms with Crippen LogP contribution < -0.4 is 20.3 Å². The molecule has 2 aromatic carbocycles. The van der Waals surface area contributed by atoms with Crippen molar-refractivity contribution in [3.63, 3.8) is 0 Å². The van der Waals surface area contributed by atoms with Gasteiger partial charge in [0.25, 0.3) is 0 Å². The van der Waals surface area contributed by atoms with Gasteiger partial charge in [0, 0.05) is 44.2 Å². The number of carbonyl (C=O) groups is 1. The summed E-state index contributed by atoms with van der Waals surface area (Å²) in [6, 6.07) is 9.19. The summed E-state index contributed by atoms with van der Waals surface area (Å²) >= 11 is 0. The number of ether oxygens (including phenoxy) is 1. The number of para-hydroxylation sites is 1. The Kier molecular flexibility index (Phi) is 6.62. The number of benzene rings is 2. The molecule has 0 saturated carbocycles. The van der Waals surface area contributed by atoms with E-state index >= 15 is 0 Å². The molecule has 172 valence electrons. The molecule has 1 amide bonds. The number of rotatable bonds is 6. The number of halogens is 2. The number of piperidine rings is 1. The van der Waals surface area contributed by atoms with Crippen LogP contribution in [0.4, 0.5) is 32.1 Å². The van der Waals surface area contributed by atoms with Crippen LogP contribution in [0.3, 0.4) is 0 Å². The van der Waals surface area contributed by atoms with Crippen LogP contribution in [0.15, 0.2) is 42.7 Å². The number of nitrogens with one attached hydrogen (secondary N) is 2. The van der Waals surface area contributed by atoms with Crippen LogP contribution in [0.1, 0.15) is 25.3 Å². The topological polar surface area (TPSA) is 92.3 Å². The van der Waals surface area contributed by atoms with Crippen LogP contribution >= 0.6 is 0 Å². The van der Waals surface area contributed by atoms with E-state index in [2.05, 4.69) is 25.6 Å². The first kappa shape index (κ1) is 22.4. The van der Waals surface area contributed by atoms with Gasteiger partial charge < -0.3 is 20.3 Å². The second kappa shape index (κ2) is 9.76. The zero-order valence-corrected chi connectivity index (χ0v) is 18.3. The maximum absolute atomic E-state index is 13.9. The van der Waals surface area contributed by atoms with Crippen molar-refractivity contribution in [1.29, 1.82) is 0 Å². The molecule has 2 heterocycles. The Bertz CT molecular complexity index is 1130. The number of anilines is 4. The predicted molar refractivity (Wildman–Crippen MR) is 121 cm³/mol. The van der Waals surface area contributed by atoms with Crippen LogP contribution in [0.5, 0.6) is 5.75 Å². The van der Waals surface area contributed by atoms with E-state index in [1.165, 1.54) is 31.5 Å². The lowest BCUT2D eigenvalue weighted by Crippen LogP contribution is -2.39. The van der Waals surface area contributed by atoms with Gasteiger partial charge in [0.1, 0.15) is 12.4 Å². The molecule has 1 aliphatic heterocycles. The zero-order valence-electron chi connectivity index (χ0n) is 18.3. The van der Waals surface area contributed by atoms with E-state index in [0.29, 0.717) is 43.5 Å². The molecule has 33 heavy (non-hydrogen) atoms. The molecule has 0 radical (unpaired) electrons. The SMILES string of the molecule is CC(=O)Nc1cccc(Nc2ncnc(N3CCC(Oc4c(F)cccc4F)CC3)n2)c1C. The third kappa shape index (κ3) is 5.33. The summed E-state index contributed by atoms with van der Waals surface area (Å²) in [4.78, 5) is 26.3. The summed E-state index contributed by atoms with van der Waals surface area (Å²) in [6.07, 6.45) is 2.26. The molecule has 0 spiro atoms. The van der Waals surface area contributed by atoms with Crippen LogP contribution in [0.25, 0.3) is 0 Å². The average molecular weight is 454 g/mol. The fourth-order valence-electron chi connectivity index (χ4n) is 3.65. The Morgan fingerprint density at radius 1 is 1.06 bits per heavy atom. The molecular formula is C23H24F2N6O2. The third-order valence-corrected chi connectivity index (χ3v) is 5.38. The molecule has 1 saturated heterocycles. The Balaban J connectivity index is 1.41. The Morgan fingerprint density at radius 3 is 2.42 bits per heavy atom. The molecule has 1 aromatic heterocycles. The number of hydrogen-bond acceptors (Lipinski definition) is 7. The normalized spacial score (nSPS) is 14.1.